The van der Waals surface area contributed by atoms with Gasteiger partial charge < -0.3 is 29.2 Å². The summed E-state index contributed by atoms with van der Waals surface area (Å²) in [5.74, 6) is -0.563. The van der Waals surface area contributed by atoms with E-state index >= 15 is 0 Å². The quantitative estimate of drug-likeness (QED) is 0.0870. The maximum absolute atomic E-state index is 11.9. The molecule has 0 aliphatic carbocycles. The predicted molar refractivity (Wildman–Crippen MR) is 180 cm³/mol. The number of carbonyl (C=O) groups excluding carboxylic acids is 2. The summed E-state index contributed by atoms with van der Waals surface area (Å²) in [7, 11) is 0. The van der Waals surface area contributed by atoms with Crippen LogP contribution in [0, 0.1) is 6.92 Å². The molecule has 0 aliphatic rings. The van der Waals surface area contributed by atoms with E-state index in [1.165, 1.54) is 47.1 Å². The molecule has 0 heterocycles. The smallest absolute Gasteiger partial charge is 0.335 e. The van der Waals surface area contributed by atoms with Gasteiger partial charge in [0, 0.05) is 0 Å². The van der Waals surface area contributed by atoms with Crippen LogP contribution in [0.3, 0.4) is 0 Å². The molecule has 3 rings (SSSR count). The Bertz CT molecular complexity index is 1510. The molecule has 0 amide bonds. The molecule has 46 heavy (non-hydrogen) atoms. The van der Waals surface area contributed by atoms with E-state index in [0.717, 1.165) is 24.0 Å². The molecule has 0 unspecified atom stereocenters. The maximum Gasteiger partial charge on any atom is 0.335 e. The van der Waals surface area contributed by atoms with Crippen molar-refractivity contribution in [1.29, 1.82) is 0 Å². The SMILES string of the molecule is C=C(CO)C(=O)OCCOc1ccc(-c2ccc(-c3ccc(CCCCC)cc3C)cc2CC)cc1OCCOC(=O)C(=C)CO. The molecule has 0 aliphatic heterocycles. The minimum Gasteiger partial charge on any atom is -0.486 e. The highest BCUT2D eigenvalue weighted by molar-refractivity contribution is 5.88. The summed E-state index contributed by atoms with van der Waals surface area (Å²) in [6.45, 7) is 12.4. The minimum atomic E-state index is -0.698. The first kappa shape index (κ1) is 36.1. The molecule has 0 bridgehead atoms. The fraction of sp³-hybridized carbons (Fsp3) is 0.368. The van der Waals surface area contributed by atoms with Crippen molar-refractivity contribution < 1.29 is 38.7 Å². The van der Waals surface area contributed by atoms with Gasteiger partial charge in [0.1, 0.15) is 26.4 Å². The zero-order valence-electron chi connectivity index (χ0n) is 27.2. The number of aryl methyl sites for hydroxylation is 3. The van der Waals surface area contributed by atoms with Crippen LogP contribution < -0.4 is 9.47 Å². The van der Waals surface area contributed by atoms with Gasteiger partial charge in [0.15, 0.2) is 11.5 Å². The lowest BCUT2D eigenvalue weighted by molar-refractivity contribution is -0.141. The van der Waals surface area contributed by atoms with E-state index in [1.807, 2.05) is 12.1 Å². The van der Waals surface area contributed by atoms with Gasteiger partial charge in [-0.1, -0.05) is 82.3 Å². The second-order valence-electron chi connectivity index (χ2n) is 11.0. The van der Waals surface area contributed by atoms with Gasteiger partial charge in [-0.05, 0) is 77.3 Å². The van der Waals surface area contributed by atoms with Gasteiger partial charge in [-0.3, -0.25) is 0 Å². The van der Waals surface area contributed by atoms with Gasteiger partial charge in [0.25, 0.3) is 0 Å². The number of ether oxygens (including phenoxy) is 4. The minimum absolute atomic E-state index is 0.0306. The molecular formula is C38H46O8. The monoisotopic (exact) mass is 630 g/mol. The molecule has 8 heteroatoms. The molecule has 2 N–H and O–H groups in total. The van der Waals surface area contributed by atoms with Crippen molar-refractivity contribution in [2.24, 2.45) is 0 Å². The first-order chi connectivity index (χ1) is 22.2. The second-order valence-corrected chi connectivity index (χ2v) is 11.0. The number of hydrogen-bond acceptors (Lipinski definition) is 8. The predicted octanol–water partition coefficient (Wildman–Crippen LogP) is 6.57. The molecule has 0 saturated carbocycles. The topological polar surface area (TPSA) is 112 Å². The van der Waals surface area contributed by atoms with E-state index < -0.39 is 25.2 Å². The highest BCUT2D eigenvalue weighted by atomic mass is 16.6. The summed E-state index contributed by atoms with van der Waals surface area (Å²) in [6, 6.07) is 18.9. The van der Waals surface area contributed by atoms with Crippen LogP contribution in [0.4, 0.5) is 0 Å². The van der Waals surface area contributed by atoms with Gasteiger partial charge >= 0.3 is 11.9 Å². The number of unbranched alkanes of at least 4 members (excludes halogenated alkanes) is 2. The van der Waals surface area contributed by atoms with Crippen LogP contribution in [0.25, 0.3) is 22.3 Å². The van der Waals surface area contributed by atoms with Crippen molar-refractivity contribution in [1.82, 2.24) is 0 Å². The Morgan fingerprint density at radius 1 is 0.696 bits per heavy atom. The van der Waals surface area contributed by atoms with Crippen LogP contribution in [0.5, 0.6) is 11.5 Å². The van der Waals surface area contributed by atoms with Crippen LogP contribution >= 0.6 is 0 Å². The molecule has 0 radical (unpaired) electrons. The molecular weight excluding hydrogens is 584 g/mol. The maximum atomic E-state index is 11.9. The largest absolute Gasteiger partial charge is 0.486 e. The van der Waals surface area contributed by atoms with Gasteiger partial charge in [-0.15, -0.1) is 0 Å². The third-order valence-corrected chi connectivity index (χ3v) is 7.52. The molecule has 0 aromatic heterocycles. The van der Waals surface area contributed by atoms with Crippen molar-refractivity contribution in [3.8, 4) is 33.8 Å². The summed E-state index contributed by atoms with van der Waals surface area (Å²) in [5.41, 5.74) is 8.08. The lowest BCUT2D eigenvalue weighted by Gasteiger charge is -2.17. The van der Waals surface area contributed by atoms with E-state index in [-0.39, 0.29) is 37.6 Å². The summed E-state index contributed by atoms with van der Waals surface area (Å²) >= 11 is 0. The van der Waals surface area contributed by atoms with E-state index in [9.17, 15) is 9.59 Å². The van der Waals surface area contributed by atoms with E-state index in [1.54, 1.807) is 6.07 Å². The van der Waals surface area contributed by atoms with Crippen molar-refractivity contribution in [2.75, 3.05) is 39.6 Å². The molecule has 0 saturated heterocycles. The van der Waals surface area contributed by atoms with Gasteiger partial charge in [-0.2, -0.15) is 0 Å². The summed E-state index contributed by atoms with van der Waals surface area (Å²) in [6.07, 6.45) is 5.58. The lowest BCUT2D eigenvalue weighted by atomic mass is 9.91. The van der Waals surface area contributed by atoms with Crippen LogP contribution in [-0.2, 0) is 31.9 Å². The van der Waals surface area contributed by atoms with Crippen molar-refractivity contribution in [3.63, 3.8) is 0 Å². The zero-order chi connectivity index (χ0) is 33.5. The number of aliphatic hydroxyl groups excluding tert-OH is 2. The molecule has 3 aromatic rings. The first-order valence-electron chi connectivity index (χ1n) is 15.8. The average Bonchev–Trinajstić information content (AvgIpc) is 3.07. The molecule has 8 nitrogen and oxygen atoms in total. The third-order valence-electron chi connectivity index (χ3n) is 7.52. The first-order valence-corrected chi connectivity index (χ1v) is 15.8. The number of rotatable bonds is 19. The molecule has 0 fully saturated rings. The van der Waals surface area contributed by atoms with Gasteiger partial charge in [0.05, 0.1) is 24.4 Å². The highest BCUT2D eigenvalue weighted by Crippen LogP contribution is 2.36. The summed E-state index contributed by atoms with van der Waals surface area (Å²) in [4.78, 5) is 23.6. The second kappa shape index (κ2) is 18.5. The number of benzene rings is 3. The average molecular weight is 631 g/mol. The highest BCUT2D eigenvalue weighted by Gasteiger charge is 2.14. The fourth-order valence-electron chi connectivity index (χ4n) is 4.93. The lowest BCUT2D eigenvalue weighted by Crippen LogP contribution is -2.16. The summed E-state index contributed by atoms with van der Waals surface area (Å²) in [5, 5.41) is 18.1. The van der Waals surface area contributed by atoms with Crippen molar-refractivity contribution in [2.45, 2.75) is 52.9 Å². The van der Waals surface area contributed by atoms with Crippen LogP contribution in [0.2, 0.25) is 0 Å². The molecule has 0 spiro atoms. The number of carbonyl (C=O) groups is 2. The van der Waals surface area contributed by atoms with Crippen molar-refractivity contribution >= 4 is 11.9 Å². The molecule has 0 atom stereocenters. The zero-order valence-corrected chi connectivity index (χ0v) is 27.2. The number of aliphatic hydroxyl groups is 2. The van der Waals surface area contributed by atoms with Crippen LogP contribution in [-0.4, -0.2) is 61.8 Å². The van der Waals surface area contributed by atoms with E-state index in [2.05, 4.69) is 70.3 Å². The third kappa shape index (κ3) is 10.3. The number of hydrogen-bond donors (Lipinski definition) is 2. The Morgan fingerprint density at radius 2 is 1.28 bits per heavy atom. The van der Waals surface area contributed by atoms with Crippen LogP contribution in [0.1, 0.15) is 49.8 Å². The normalized spacial score (nSPS) is 10.7. The molecule has 3 aromatic carbocycles. The Kier molecular flexibility index (Phi) is 14.5. The molecule has 246 valence electrons. The standard InChI is InChI=1S/C38H46O8/c1-6-8-9-10-29-11-14-33(26(3)21-29)31-12-15-34(30(7-2)22-31)32-13-16-35(43-17-19-45-37(41)27(4)24-39)36(23-32)44-18-20-46-38(42)28(5)25-40/h11-16,21-23,39-40H,4-10,17-20,24-25H2,1-3H3. The van der Waals surface area contributed by atoms with Crippen LogP contribution in [0.15, 0.2) is 78.9 Å². The summed E-state index contributed by atoms with van der Waals surface area (Å²) < 4.78 is 22.0. The Balaban J connectivity index is 1.82. The van der Waals surface area contributed by atoms with E-state index in [0.29, 0.717) is 11.5 Å². The van der Waals surface area contributed by atoms with E-state index in [4.69, 9.17) is 29.2 Å². The fourth-order valence-corrected chi connectivity index (χ4v) is 4.93. The number of esters is 2. The van der Waals surface area contributed by atoms with Gasteiger partial charge in [-0.25, -0.2) is 9.59 Å². The van der Waals surface area contributed by atoms with Crippen molar-refractivity contribution in [3.05, 3.63) is 95.6 Å². The Hall–Kier alpha value is -4.40. The Labute approximate surface area is 272 Å². The Morgan fingerprint density at radius 3 is 1.87 bits per heavy atom. The van der Waals surface area contributed by atoms with Gasteiger partial charge in [0.2, 0.25) is 0 Å².